The fourth-order valence-corrected chi connectivity index (χ4v) is 2.62. The highest BCUT2D eigenvalue weighted by Gasteiger charge is 2.22. The molecule has 1 fully saturated rings. The maximum atomic E-state index is 5.44. The molecule has 0 spiro atoms. The van der Waals surface area contributed by atoms with Crippen LogP contribution in [-0.2, 0) is 11.3 Å². The molecule has 2 atom stereocenters. The van der Waals surface area contributed by atoms with E-state index in [-0.39, 0.29) is 0 Å². The highest BCUT2D eigenvalue weighted by Crippen LogP contribution is 2.34. The molecule has 1 aromatic rings. The van der Waals surface area contributed by atoms with Gasteiger partial charge in [0.1, 0.15) is 5.75 Å². The summed E-state index contributed by atoms with van der Waals surface area (Å²) in [5.41, 5.74) is 1.06. The molecule has 1 heterocycles. The molecule has 0 amide bonds. The standard InChI is InChI=1S/C16H25NO4/c1-11(12-5-6-21-10-12)17-9-13-7-15(19-3)16(20-4)8-14(13)18-2/h7-8,11-12,17H,5-6,9-10H2,1-4H3. The number of rotatable bonds is 7. The first-order chi connectivity index (χ1) is 10.2. The van der Waals surface area contributed by atoms with Gasteiger partial charge in [-0.05, 0) is 25.3 Å². The van der Waals surface area contributed by atoms with Crippen LogP contribution in [0.4, 0.5) is 0 Å². The van der Waals surface area contributed by atoms with Crippen molar-refractivity contribution < 1.29 is 18.9 Å². The summed E-state index contributed by atoms with van der Waals surface area (Å²) in [4.78, 5) is 0. The molecule has 1 aromatic carbocycles. The van der Waals surface area contributed by atoms with Crippen molar-refractivity contribution in [1.29, 1.82) is 0 Å². The maximum Gasteiger partial charge on any atom is 0.164 e. The number of ether oxygens (including phenoxy) is 4. The zero-order chi connectivity index (χ0) is 15.2. The summed E-state index contributed by atoms with van der Waals surface area (Å²) < 4.78 is 21.5. The Labute approximate surface area is 126 Å². The molecular weight excluding hydrogens is 270 g/mol. The summed E-state index contributed by atoms with van der Waals surface area (Å²) in [5, 5.41) is 3.55. The van der Waals surface area contributed by atoms with Gasteiger partial charge in [-0.2, -0.15) is 0 Å². The minimum absolute atomic E-state index is 0.408. The van der Waals surface area contributed by atoms with Gasteiger partial charge in [-0.1, -0.05) is 0 Å². The van der Waals surface area contributed by atoms with Crippen molar-refractivity contribution in [2.24, 2.45) is 5.92 Å². The van der Waals surface area contributed by atoms with Crippen LogP contribution in [0.25, 0.3) is 0 Å². The van der Waals surface area contributed by atoms with Crippen LogP contribution in [-0.4, -0.2) is 40.6 Å². The van der Waals surface area contributed by atoms with E-state index in [1.54, 1.807) is 21.3 Å². The molecular formula is C16H25NO4. The average molecular weight is 295 g/mol. The van der Waals surface area contributed by atoms with Crippen molar-refractivity contribution in [1.82, 2.24) is 5.32 Å². The van der Waals surface area contributed by atoms with E-state index >= 15 is 0 Å². The van der Waals surface area contributed by atoms with Gasteiger partial charge in [0.15, 0.2) is 11.5 Å². The van der Waals surface area contributed by atoms with Crippen LogP contribution in [0.3, 0.4) is 0 Å². The van der Waals surface area contributed by atoms with Crippen LogP contribution in [0.2, 0.25) is 0 Å². The Bertz CT molecular complexity index is 458. The van der Waals surface area contributed by atoms with E-state index in [9.17, 15) is 0 Å². The van der Waals surface area contributed by atoms with E-state index in [4.69, 9.17) is 18.9 Å². The third-order valence-electron chi connectivity index (χ3n) is 4.07. The molecule has 0 bridgehead atoms. The van der Waals surface area contributed by atoms with E-state index in [0.29, 0.717) is 23.5 Å². The number of hydrogen-bond acceptors (Lipinski definition) is 5. The SMILES string of the molecule is COc1cc(OC)c(OC)cc1CNC(C)C1CCOC1. The monoisotopic (exact) mass is 295 g/mol. The lowest BCUT2D eigenvalue weighted by atomic mass is 10.0. The van der Waals surface area contributed by atoms with Gasteiger partial charge in [-0.25, -0.2) is 0 Å². The van der Waals surface area contributed by atoms with Gasteiger partial charge < -0.3 is 24.3 Å². The van der Waals surface area contributed by atoms with E-state index < -0.39 is 0 Å². The van der Waals surface area contributed by atoms with Crippen LogP contribution in [0.15, 0.2) is 12.1 Å². The number of hydrogen-bond donors (Lipinski definition) is 1. The third kappa shape index (κ3) is 3.80. The first-order valence-corrected chi connectivity index (χ1v) is 7.29. The van der Waals surface area contributed by atoms with Crippen LogP contribution >= 0.6 is 0 Å². The molecule has 2 unspecified atom stereocenters. The Morgan fingerprint density at radius 1 is 1.14 bits per heavy atom. The van der Waals surface area contributed by atoms with E-state index in [1.807, 2.05) is 12.1 Å². The van der Waals surface area contributed by atoms with E-state index in [0.717, 1.165) is 37.5 Å². The molecule has 1 aliphatic heterocycles. The lowest BCUT2D eigenvalue weighted by Crippen LogP contribution is -2.33. The molecule has 1 saturated heterocycles. The molecule has 118 valence electrons. The first-order valence-electron chi connectivity index (χ1n) is 7.29. The quantitative estimate of drug-likeness (QED) is 0.836. The number of nitrogens with one attached hydrogen (secondary N) is 1. The lowest BCUT2D eigenvalue weighted by molar-refractivity contribution is 0.178. The van der Waals surface area contributed by atoms with E-state index in [1.165, 1.54) is 0 Å². The largest absolute Gasteiger partial charge is 0.496 e. The summed E-state index contributed by atoms with van der Waals surface area (Å²) >= 11 is 0. The van der Waals surface area contributed by atoms with Crippen LogP contribution in [0, 0.1) is 5.92 Å². The first kappa shape index (κ1) is 15.9. The summed E-state index contributed by atoms with van der Waals surface area (Å²) in [6.45, 7) is 4.64. The van der Waals surface area contributed by atoms with Gasteiger partial charge in [-0.3, -0.25) is 0 Å². The Kier molecular flexibility index (Phi) is 5.70. The topological polar surface area (TPSA) is 49.0 Å². The van der Waals surface area contributed by atoms with Gasteiger partial charge in [0.2, 0.25) is 0 Å². The second kappa shape index (κ2) is 7.52. The Morgan fingerprint density at radius 2 is 1.81 bits per heavy atom. The fourth-order valence-electron chi connectivity index (χ4n) is 2.62. The molecule has 1 aliphatic rings. The molecule has 0 aromatic heterocycles. The molecule has 21 heavy (non-hydrogen) atoms. The summed E-state index contributed by atoms with van der Waals surface area (Å²) in [6, 6.07) is 4.23. The molecule has 5 heteroatoms. The highest BCUT2D eigenvalue weighted by molar-refractivity contribution is 5.50. The van der Waals surface area contributed by atoms with Crippen molar-refractivity contribution in [3.8, 4) is 17.2 Å². The molecule has 1 N–H and O–H groups in total. The molecule has 2 rings (SSSR count). The van der Waals surface area contributed by atoms with Gasteiger partial charge in [0.25, 0.3) is 0 Å². The number of methoxy groups -OCH3 is 3. The molecule has 0 saturated carbocycles. The Balaban J connectivity index is 2.07. The summed E-state index contributed by atoms with van der Waals surface area (Å²) in [7, 11) is 4.93. The van der Waals surface area contributed by atoms with E-state index in [2.05, 4.69) is 12.2 Å². The smallest absolute Gasteiger partial charge is 0.164 e. The predicted octanol–water partition coefficient (Wildman–Crippen LogP) is 2.23. The van der Waals surface area contributed by atoms with Gasteiger partial charge in [0.05, 0.1) is 27.9 Å². The normalized spacial score (nSPS) is 19.3. The maximum absolute atomic E-state index is 5.44. The third-order valence-corrected chi connectivity index (χ3v) is 4.07. The van der Waals surface area contributed by atoms with Crippen molar-refractivity contribution in [3.63, 3.8) is 0 Å². The second-order valence-corrected chi connectivity index (χ2v) is 5.31. The second-order valence-electron chi connectivity index (χ2n) is 5.31. The minimum atomic E-state index is 0.408. The van der Waals surface area contributed by atoms with Crippen molar-refractivity contribution in [3.05, 3.63) is 17.7 Å². The van der Waals surface area contributed by atoms with Gasteiger partial charge >= 0.3 is 0 Å². The predicted molar refractivity (Wildman–Crippen MR) is 81.3 cm³/mol. The number of benzene rings is 1. The van der Waals surface area contributed by atoms with Crippen LogP contribution in [0.1, 0.15) is 18.9 Å². The average Bonchev–Trinajstić information content (AvgIpc) is 3.06. The highest BCUT2D eigenvalue weighted by atomic mass is 16.5. The fraction of sp³-hybridized carbons (Fsp3) is 0.625. The zero-order valence-electron chi connectivity index (χ0n) is 13.3. The molecule has 5 nitrogen and oxygen atoms in total. The van der Waals surface area contributed by atoms with Crippen molar-refractivity contribution >= 4 is 0 Å². The van der Waals surface area contributed by atoms with Gasteiger partial charge in [0, 0.05) is 30.8 Å². The molecule has 0 aliphatic carbocycles. The zero-order valence-corrected chi connectivity index (χ0v) is 13.3. The van der Waals surface area contributed by atoms with Gasteiger partial charge in [-0.15, -0.1) is 0 Å². The Hall–Kier alpha value is -1.46. The van der Waals surface area contributed by atoms with Crippen molar-refractivity contribution in [2.75, 3.05) is 34.5 Å². The summed E-state index contributed by atoms with van der Waals surface area (Å²) in [6.07, 6.45) is 1.12. The lowest BCUT2D eigenvalue weighted by Gasteiger charge is -2.21. The van der Waals surface area contributed by atoms with Crippen molar-refractivity contribution in [2.45, 2.75) is 25.9 Å². The minimum Gasteiger partial charge on any atom is -0.496 e. The Morgan fingerprint density at radius 3 is 2.38 bits per heavy atom. The van der Waals surface area contributed by atoms with Crippen LogP contribution in [0.5, 0.6) is 17.2 Å². The summed E-state index contributed by atoms with van der Waals surface area (Å²) in [5.74, 6) is 2.77. The van der Waals surface area contributed by atoms with Crippen LogP contribution < -0.4 is 19.5 Å². The molecule has 0 radical (unpaired) electrons.